The zero-order chi connectivity index (χ0) is 12.3. The fraction of sp³-hybridized carbons (Fsp3) is 0.500. The van der Waals surface area contributed by atoms with Gasteiger partial charge in [-0.25, -0.2) is 0 Å². The topological polar surface area (TPSA) is 65.2 Å². The maximum atomic E-state index is 12.2. The van der Waals surface area contributed by atoms with Gasteiger partial charge >= 0.3 is 0 Å². The van der Waals surface area contributed by atoms with E-state index in [1.807, 2.05) is 0 Å². The third-order valence-corrected chi connectivity index (χ3v) is 2.91. The van der Waals surface area contributed by atoms with Gasteiger partial charge in [-0.15, -0.1) is 0 Å². The van der Waals surface area contributed by atoms with Crippen LogP contribution in [-0.2, 0) is 0 Å². The van der Waals surface area contributed by atoms with Gasteiger partial charge in [0.15, 0.2) is 5.43 Å². The van der Waals surface area contributed by atoms with Crippen molar-refractivity contribution in [2.75, 3.05) is 26.2 Å². The van der Waals surface area contributed by atoms with Crippen molar-refractivity contribution in [3.63, 3.8) is 0 Å². The predicted octanol–water partition coefficient (Wildman–Crippen LogP) is 0.119. The SMILES string of the molecule is Cc1cc(=O)c(C(=O)N2CCCNCC2)c[nH]1. The van der Waals surface area contributed by atoms with Crippen LogP contribution in [0.15, 0.2) is 17.1 Å². The fourth-order valence-electron chi connectivity index (χ4n) is 1.96. The van der Waals surface area contributed by atoms with Crippen LogP contribution >= 0.6 is 0 Å². The molecule has 1 aromatic rings. The summed E-state index contributed by atoms with van der Waals surface area (Å²) in [7, 11) is 0. The number of aromatic amines is 1. The zero-order valence-corrected chi connectivity index (χ0v) is 9.95. The number of amides is 1. The van der Waals surface area contributed by atoms with E-state index in [-0.39, 0.29) is 16.9 Å². The summed E-state index contributed by atoms with van der Waals surface area (Å²) in [6.07, 6.45) is 2.44. The molecule has 17 heavy (non-hydrogen) atoms. The number of aryl methyl sites for hydroxylation is 1. The maximum Gasteiger partial charge on any atom is 0.259 e. The molecule has 0 radical (unpaired) electrons. The van der Waals surface area contributed by atoms with Crippen LogP contribution in [0.4, 0.5) is 0 Å². The van der Waals surface area contributed by atoms with E-state index < -0.39 is 0 Å². The van der Waals surface area contributed by atoms with Gasteiger partial charge in [0, 0.05) is 37.6 Å². The molecule has 0 saturated carbocycles. The maximum absolute atomic E-state index is 12.2. The first-order chi connectivity index (χ1) is 8.18. The van der Waals surface area contributed by atoms with Crippen molar-refractivity contribution in [2.24, 2.45) is 0 Å². The number of pyridine rings is 1. The highest BCUT2D eigenvalue weighted by Crippen LogP contribution is 2.02. The Hall–Kier alpha value is -1.62. The fourth-order valence-corrected chi connectivity index (χ4v) is 1.96. The molecule has 2 N–H and O–H groups in total. The van der Waals surface area contributed by atoms with E-state index in [2.05, 4.69) is 10.3 Å². The summed E-state index contributed by atoms with van der Waals surface area (Å²) < 4.78 is 0. The third kappa shape index (κ3) is 2.74. The minimum atomic E-state index is -0.205. The van der Waals surface area contributed by atoms with Crippen molar-refractivity contribution < 1.29 is 4.79 Å². The molecule has 0 spiro atoms. The van der Waals surface area contributed by atoms with Crippen molar-refractivity contribution in [3.8, 4) is 0 Å². The van der Waals surface area contributed by atoms with Gasteiger partial charge in [0.1, 0.15) is 5.56 Å². The number of H-pyrrole nitrogens is 1. The Kier molecular flexibility index (Phi) is 3.58. The Morgan fingerprint density at radius 3 is 2.94 bits per heavy atom. The van der Waals surface area contributed by atoms with Crippen LogP contribution in [0.3, 0.4) is 0 Å². The van der Waals surface area contributed by atoms with E-state index >= 15 is 0 Å². The lowest BCUT2D eigenvalue weighted by atomic mass is 10.2. The Balaban J connectivity index is 2.20. The van der Waals surface area contributed by atoms with Gasteiger partial charge in [0.2, 0.25) is 0 Å². The van der Waals surface area contributed by atoms with Gasteiger partial charge in [-0.1, -0.05) is 0 Å². The van der Waals surface area contributed by atoms with Crippen LogP contribution in [0.1, 0.15) is 22.5 Å². The molecule has 1 aliphatic rings. The molecule has 1 amide bonds. The summed E-state index contributed by atoms with van der Waals surface area (Å²) in [6.45, 7) is 4.88. The second kappa shape index (κ2) is 5.14. The lowest BCUT2D eigenvalue weighted by Crippen LogP contribution is -2.36. The van der Waals surface area contributed by atoms with Crippen molar-refractivity contribution in [1.82, 2.24) is 15.2 Å². The van der Waals surface area contributed by atoms with E-state index in [1.165, 1.54) is 12.3 Å². The molecule has 0 unspecified atom stereocenters. The van der Waals surface area contributed by atoms with Crippen molar-refractivity contribution in [1.29, 1.82) is 0 Å². The van der Waals surface area contributed by atoms with Crippen LogP contribution in [0.2, 0.25) is 0 Å². The molecule has 92 valence electrons. The van der Waals surface area contributed by atoms with Gasteiger partial charge in [-0.05, 0) is 19.9 Å². The number of nitrogens with one attached hydrogen (secondary N) is 2. The Labute approximate surface area is 99.8 Å². The lowest BCUT2D eigenvalue weighted by Gasteiger charge is -2.19. The van der Waals surface area contributed by atoms with Gasteiger partial charge in [-0.2, -0.15) is 0 Å². The number of rotatable bonds is 1. The smallest absolute Gasteiger partial charge is 0.259 e. The van der Waals surface area contributed by atoms with Gasteiger partial charge in [-0.3, -0.25) is 9.59 Å². The number of aromatic nitrogens is 1. The molecule has 1 aliphatic heterocycles. The first-order valence-corrected chi connectivity index (χ1v) is 5.88. The summed E-state index contributed by atoms with van der Waals surface area (Å²) in [4.78, 5) is 28.5. The molecule has 1 aromatic heterocycles. The zero-order valence-electron chi connectivity index (χ0n) is 9.95. The van der Waals surface area contributed by atoms with Gasteiger partial charge in [0.05, 0.1) is 0 Å². The molecular formula is C12H17N3O2. The van der Waals surface area contributed by atoms with Crippen LogP contribution in [0, 0.1) is 6.92 Å². The first-order valence-electron chi connectivity index (χ1n) is 5.88. The second-order valence-electron chi connectivity index (χ2n) is 4.29. The molecule has 1 fully saturated rings. The normalized spacial score (nSPS) is 16.6. The van der Waals surface area contributed by atoms with Gasteiger partial charge in [0.25, 0.3) is 5.91 Å². The van der Waals surface area contributed by atoms with Crippen LogP contribution in [-0.4, -0.2) is 42.0 Å². The number of hydrogen-bond acceptors (Lipinski definition) is 3. The molecule has 2 heterocycles. The summed E-state index contributed by atoms with van der Waals surface area (Å²) in [5, 5.41) is 3.23. The van der Waals surface area contributed by atoms with E-state index in [1.54, 1.807) is 11.8 Å². The molecule has 5 nitrogen and oxygen atoms in total. The standard InChI is InChI=1S/C12H17N3O2/c1-9-7-11(16)10(8-14-9)12(17)15-5-2-3-13-4-6-15/h7-8,13H,2-6H2,1H3,(H,14,16). The third-order valence-electron chi connectivity index (χ3n) is 2.91. The highest BCUT2D eigenvalue weighted by atomic mass is 16.2. The molecule has 0 atom stereocenters. The lowest BCUT2D eigenvalue weighted by molar-refractivity contribution is 0.0764. The van der Waals surface area contributed by atoms with Crippen LogP contribution in [0.5, 0.6) is 0 Å². The van der Waals surface area contributed by atoms with E-state index in [0.29, 0.717) is 13.1 Å². The average molecular weight is 235 g/mol. The number of hydrogen-bond donors (Lipinski definition) is 2. The molecule has 1 saturated heterocycles. The van der Waals surface area contributed by atoms with Crippen molar-refractivity contribution >= 4 is 5.91 Å². The summed E-state index contributed by atoms with van der Waals surface area (Å²) >= 11 is 0. The first kappa shape index (κ1) is 11.9. The molecule has 0 bridgehead atoms. The molecular weight excluding hydrogens is 218 g/mol. The summed E-state index contributed by atoms with van der Waals surface area (Å²) in [6, 6.07) is 1.46. The van der Waals surface area contributed by atoms with Crippen LogP contribution in [0.25, 0.3) is 0 Å². The molecule has 2 rings (SSSR count). The van der Waals surface area contributed by atoms with Gasteiger partial charge < -0.3 is 15.2 Å². The Morgan fingerprint density at radius 2 is 2.18 bits per heavy atom. The highest BCUT2D eigenvalue weighted by Gasteiger charge is 2.19. The second-order valence-corrected chi connectivity index (χ2v) is 4.29. The average Bonchev–Trinajstić information content (AvgIpc) is 2.56. The highest BCUT2D eigenvalue weighted by molar-refractivity contribution is 5.93. The number of carbonyl (C=O) groups is 1. The minimum absolute atomic E-state index is 0.171. The largest absolute Gasteiger partial charge is 0.364 e. The van der Waals surface area contributed by atoms with E-state index in [4.69, 9.17) is 0 Å². The van der Waals surface area contributed by atoms with Crippen molar-refractivity contribution in [3.05, 3.63) is 33.7 Å². The van der Waals surface area contributed by atoms with Crippen LogP contribution < -0.4 is 10.7 Å². The quantitative estimate of drug-likeness (QED) is 0.726. The monoisotopic (exact) mass is 235 g/mol. The summed E-state index contributed by atoms with van der Waals surface area (Å²) in [5.41, 5.74) is 0.796. The Morgan fingerprint density at radius 1 is 1.35 bits per heavy atom. The predicted molar refractivity (Wildman–Crippen MR) is 65.2 cm³/mol. The number of carbonyl (C=O) groups excluding carboxylic acids is 1. The van der Waals surface area contributed by atoms with Crippen molar-refractivity contribution in [2.45, 2.75) is 13.3 Å². The number of nitrogens with zero attached hydrogens (tertiary/aromatic N) is 1. The molecule has 0 aliphatic carbocycles. The molecule has 0 aromatic carbocycles. The molecule has 5 heteroatoms. The van der Waals surface area contributed by atoms with E-state index in [0.717, 1.165) is 25.2 Å². The summed E-state index contributed by atoms with van der Waals surface area (Å²) in [5.74, 6) is -0.171. The minimum Gasteiger partial charge on any atom is -0.364 e. The Bertz CT molecular complexity index is 459. The van der Waals surface area contributed by atoms with E-state index in [9.17, 15) is 9.59 Å².